The minimum atomic E-state index is -0.277. The Kier molecular flexibility index (Phi) is 3.51. The van der Waals surface area contributed by atoms with Gasteiger partial charge in [0.1, 0.15) is 0 Å². The molecule has 0 aliphatic carbocycles. The van der Waals surface area contributed by atoms with E-state index in [1.54, 1.807) is 4.68 Å². The first-order valence-electron chi connectivity index (χ1n) is 5.07. The fraction of sp³-hybridized carbons (Fsp3) is 0.273. The zero-order valence-corrected chi connectivity index (χ0v) is 11.8. The summed E-state index contributed by atoms with van der Waals surface area (Å²) < 4.78 is 2.33. The molecule has 2 N–H and O–H groups in total. The van der Waals surface area contributed by atoms with Crippen molar-refractivity contribution in [3.8, 4) is 0 Å². The van der Waals surface area contributed by atoms with Gasteiger partial charge in [0.25, 0.3) is 0 Å². The van der Waals surface area contributed by atoms with E-state index in [4.69, 9.17) is 17.3 Å². The number of hydrogen-bond donors (Lipinski definition) is 1. The molecule has 17 heavy (non-hydrogen) atoms. The topological polar surface area (TPSA) is 56.7 Å². The van der Waals surface area contributed by atoms with Gasteiger partial charge in [0.2, 0.25) is 0 Å². The Morgan fingerprint density at radius 3 is 2.71 bits per heavy atom. The summed E-state index contributed by atoms with van der Waals surface area (Å²) in [5.41, 5.74) is 9.04. The highest BCUT2D eigenvalue weighted by Crippen LogP contribution is 2.27. The molecule has 0 saturated heterocycles. The maximum Gasteiger partial charge on any atom is 0.153 e. The number of hydrogen-bond acceptors (Lipinski definition) is 3. The van der Waals surface area contributed by atoms with Crippen molar-refractivity contribution in [3.63, 3.8) is 0 Å². The largest absolute Gasteiger partial charge is 0.319 e. The van der Waals surface area contributed by atoms with Gasteiger partial charge in [0, 0.05) is 12.1 Å². The van der Waals surface area contributed by atoms with E-state index < -0.39 is 0 Å². The first-order valence-corrected chi connectivity index (χ1v) is 6.24. The second kappa shape index (κ2) is 4.76. The van der Waals surface area contributed by atoms with E-state index in [0.717, 1.165) is 21.8 Å². The normalized spacial score (nSPS) is 12.8. The van der Waals surface area contributed by atoms with Crippen LogP contribution in [0, 0.1) is 6.92 Å². The Bertz CT molecular complexity index is 533. The molecule has 1 atom stereocenters. The van der Waals surface area contributed by atoms with Crippen molar-refractivity contribution in [3.05, 3.63) is 44.6 Å². The van der Waals surface area contributed by atoms with Crippen molar-refractivity contribution in [2.24, 2.45) is 12.8 Å². The van der Waals surface area contributed by atoms with Crippen LogP contribution < -0.4 is 5.73 Å². The minimum Gasteiger partial charge on any atom is -0.319 e. The first kappa shape index (κ1) is 12.5. The lowest BCUT2D eigenvalue weighted by Gasteiger charge is -2.13. The number of halogens is 2. The molecule has 6 heteroatoms. The van der Waals surface area contributed by atoms with Crippen LogP contribution in [0.3, 0.4) is 0 Å². The van der Waals surface area contributed by atoms with E-state index in [-0.39, 0.29) is 6.04 Å². The molecule has 1 aromatic heterocycles. The van der Waals surface area contributed by atoms with E-state index in [1.807, 2.05) is 32.2 Å². The third-order valence-corrected chi connectivity index (χ3v) is 3.65. The quantitative estimate of drug-likeness (QED) is 0.926. The Balaban J connectivity index is 2.43. The predicted molar refractivity (Wildman–Crippen MR) is 70.9 cm³/mol. The van der Waals surface area contributed by atoms with Crippen LogP contribution in [0.4, 0.5) is 0 Å². The van der Waals surface area contributed by atoms with Gasteiger partial charge in [-0.15, -0.1) is 5.10 Å². The van der Waals surface area contributed by atoms with Gasteiger partial charge in [0.05, 0.1) is 11.7 Å². The average molecular weight is 316 g/mol. The fourth-order valence-electron chi connectivity index (χ4n) is 1.69. The zero-order chi connectivity index (χ0) is 12.6. The summed E-state index contributed by atoms with van der Waals surface area (Å²) in [6.45, 7) is 1.95. The zero-order valence-electron chi connectivity index (χ0n) is 9.48. The number of nitrogens with two attached hydrogens (primary N) is 1. The lowest BCUT2D eigenvalue weighted by atomic mass is 10.0. The molecule has 0 saturated carbocycles. The van der Waals surface area contributed by atoms with Crippen LogP contribution in [0.2, 0.25) is 5.02 Å². The third kappa shape index (κ3) is 2.36. The molecule has 2 aromatic rings. The molecule has 4 nitrogen and oxygen atoms in total. The maximum atomic E-state index is 6.21. The standard InChI is InChI=1S/C11H12BrClN4/c1-6-5-7(3-4-8(6)13)9(14)10-11(12)15-16-17(10)2/h3-5,9H,14H2,1-2H3. The van der Waals surface area contributed by atoms with Gasteiger partial charge in [-0.25, -0.2) is 4.68 Å². The molecule has 0 radical (unpaired) electrons. The highest BCUT2D eigenvalue weighted by atomic mass is 79.9. The van der Waals surface area contributed by atoms with Crippen LogP contribution in [0.5, 0.6) is 0 Å². The average Bonchev–Trinajstić information content (AvgIpc) is 2.62. The van der Waals surface area contributed by atoms with Crippen LogP contribution in [0.1, 0.15) is 22.9 Å². The van der Waals surface area contributed by atoms with Gasteiger partial charge in [-0.05, 0) is 40.0 Å². The molecular formula is C11H12BrClN4. The smallest absolute Gasteiger partial charge is 0.153 e. The highest BCUT2D eigenvalue weighted by Gasteiger charge is 2.18. The van der Waals surface area contributed by atoms with Gasteiger partial charge >= 0.3 is 0 Å². The molecule has 0 bridgehead atoms. The van der Waals surface area contributed by atoms with Crippen LogP contribution >= 0.6 is 27.5 Å². The first-order chi connectivity index (χ1) is 8.00. The molecule has 0 fully saturated rings. The second-order valence-electron chi connectivity index (χ2n) is 3.88. The molecule has 0 aliphatic heterocycles. The monoisotopic (exact) mass is 314 g/mol. The van der Waals surface area contributed by atoms with E-state index in [1.165, 1.54) is 0 Å². The molecule has 1 heterocycles. The Morgan fingerprint density at radius 2 is 2.18 bits per heavy atom. The molecule has 0 spiro atoms. The molecule has 0 aliphatic rings. The molecule has 90 valence electrons. The van der Waals surface area contributed by atoms with Gasteiger partial charge in [-0.2, -0.15) is 0 Å². The van der Waals surface area contributed by atoms with Crippen LogP contribution in [0.15, 0.2) is 22.8 Å². The van der Waals surface area contributed by atoms with Gasteiger partial charge in [-0.3, -0.25) is 0 Å². The summed E-state index contributed by atoms with van der Waals surface area (Å²) >= 11 is 9.34. The summed E-state index contributed by atoms with van der Waals surface area (Å²) in [7, 11) is 1.82. The Morgan fingerprint density at radius 1 is 1.47 bits per heavy atom. The Labute approximate surface area is 113 Å². The third-order valence-electron chi connectivity index (χ3n) is 2.66. The van der Waals surface area contributed by atoms with E-state index in [2.05, 4.69) is 26.2 Å². The SMILES string of the molecule is Cc1cc(C(N)c2c(Br)nnn2C)ccc1Cl. The van der Waals surface area contributed by atoms with Crippen LogP contribution in [-0.2, 0) is 7.05 Å². The van der Waals surface area contributed by atoms with Gasteiger partial charge in [0.15, 0.2) is 4.60 Å². The van der Waals surface area contributed by atoms with Crippen molar-refractivity contribution in [1.29, 1.82) is 0 Å². The molecule has 2 rings (SSSR count). The predicted octanol–water partition coefficient (Wildman–Crippen LogP) is 2.59. The summed E-state index contributed by atoms with van der Waals surface area (Å²) in [6, 6.07) is 5.47. The van der Waals surface area contributed by atoms with E-state index >= 15 is 0 Å². The van der Waals surface area contributed by atoms with Crippen molar-refractivity contribution in [2.45, 2.75) is 13.0 Å². The van der Waals surface area contributed by atoms with Gasteiger partial charge < -0.3 is 5.73 Å². The second-order valence-corrected chi connectivity index (χ2v) is 5.03. The lowest BCUT2D eigenvalue weighted by molar-refractivity contribution is 0.650. The minimum absolute atomic E-state index is 0.277. The number of rotatable bonds is 2. The van der Waals surface area contributed by atoms with Crippen molar-refractivity contribution in [2.75, 3.05) is 0 Å². The number of aryl methyl sites for hydroxylation is 2. The molecule has 1 unspecified atom stereocenters. The summed E-state index contributed by atoms with van der Waals surface area (Å²) in [6.07, 6.45) is 0. The Hall–Kier alpha value is -0.910. The van der Waals surface area contributed by atoms with E-state index in [9.17, 15) is 0 Å². The lowest BCUT2D eigenvalue weighted by Crippen LogP contribution is -2.16. The highest BCUT2D eigenvalue weighted by molar-refractivity contribution is 9.10. The van der Waals surface area contributed by atoms with Crippen LogP contribution in [0.25, 0.3) is 0 Å². The maximum absolute atomic E-state index is 6.21. The fourth-order valence-corrected chi connectivity index (χ4v) is 2.38. The molecule has 0 amide bonds. The summed E-state index contributed by atoms with van der Waals surface area (Å²) in [4.78, 5) is 0. The summed E-state index contributed by atoms with van der Waals surface area (Å²) in [5.74, 6) is 0. The molecular weight excluding hydrogens is 304 g/mol. The number of nitrogens with zero attached hydrogens (tertiary/aromatic N) is 3. The van der Waals surface area contributed by atoms with Gasteiger partial charge in [-0.1, -0.05) is 28.9 Å². The molecule has 1 aromatic carbocycles. The summed E-state index contributed by atoms with van der Waals surface area (Å²) in [5, 5.41) is 8.58. The van der Waals surface area contributed by atoms with Crippen molar-refractivity contribution < 1.29 is 0 Å². The van der Waals surface area contributed by atoms with Crippen molar-refractivity contribution in [1.82, 2.24) is 15.0 Å². The number of aromatic nitrogens is 3. The van der Waals surface area contributed by atoms with E-state index in [0.29, 0.717) is 4.60 Å². The number of benzene rings is 1. The van der Waals surface area contributed by atoms with Crippen LogP contribution in [-0.4, -0.2) is 15.0 Å². The van der Waals surface area contributed by atoms with Crippen molar-refractivity contribution >= 4 is 27.5 Å².